The van der Waals surface area contributed by atoms with Crippen LogP contribution in [0.3, 0.4) is 0 Å². The fraction of sp³-hybridized carbons (Fsp3) is 0.526. The number of para-hydroxylation sites is 2. The molecule has 1 N–H and O–H groups in total. The van der Waals surface area contributed by atoms with Crippen LogP contribution in [0.4, 0.5) is 11.4 Å². The molecule has 0 bridgehead atoms. The van der Waals surface area contributed by atoms with Crippen LogP contribution < -0.4 is 10.2 Å². The van der Waals surface area contributed by atoms with E-state index in [-0.39, 0.29) is 24.3 Å². The van der Waals surface area contributed by atoms with Crippen molar-refractivity contribution in [3.05, 3.63) is 24.3 Å². The molecule has 7 heteroatoms. The number of carbonyl (C=O) groups excluding carboxylic acids is 3. The summed E-state index contributed by atoms with van der Waals surface area (Å²) >= 11 is 0. The van der Waals surface area contributed by atoms with Gasteiger partial charge in [-0.3, -0.25) is 24.2 Å². The smallest absolute Gasteiger partial charge is 0.250 e. The number of nitrogens with zero attached hydrogens (tertiary/aromatic N) is 3. The van der Waals surface area contributed by atoms with Crippen LogP contribution in [0.25, 0.3) is 0 Å². The maximum Gasteiger partial charge on any atom is 0.250 e. The molecule has 2 aliphatic rings. The van der Waals surface area contributed by atoms with E-state index in [4.69, 9.17) is 0 Å². The van der Waals surface area contributed by atoms with Gasteiger partial charge in [0.2, 0.25) is 17.7 Å². The van der Waals surface area contributed by atoms with Crippen LogP contribution in [0.1, 0.15) is 27.2 Å². The SMILES string of the molecule is CC(=O)N1CCCN(CC(=O)N2c3ccccc3NC(=O)C2(C)C)CC1. The summed E-state index contributed by atoms with van der Waals surface area (Å²) in [5.41, 5.74) is 0.425. The second-order valence-electron chi connectivity index (χ2n) is 7.40. The summed E-state index contributed by atoms with van der Waals surface area (Å²) in [6.45, 7) is 8.10. The molecule has 1 saturated heterocycles. The number of carbonyl (C=O) groups is 3. The molecule has 7 nitrogen and oxygen atoms in total. The average molecular weight is 358 g/mol. The maximum atomic E-state index is 13.1. The average Bonchev–Trinajstić information content (AvgIpc) is 2.81. The molecule has 0 spiro atoms. The molecule has 0 aromatic heterocycles. The van der Waals surface area contributed by atoms with Gasteiger partial charge in [0.25, 0.3) is 0 Å². The lowest BCUT2D eigenvalue weighted by Gasteiger charge is -2.42. The van der Waals surface area contributed by atoms with Gasteiger partial charge in [0.05, 0.1) is 17.9 Å². The van der Waals surface area contributed by atoms with Gasteiger partial charge in [0, 0.05) is 33.1 Å². The van der Waals surface area contributed by atoms with Gasteiger partial charge in [-0.25, -0.2) is 0 Å². The van der Waals surface area contributed by atoms with Gasteiger partial charge in [0.1, 0.15) is 5.54 Å². The van der Waals surface area contributed by atoms with Crippen LogP contribution in [0.2, 0.25) is 0 Å². The lowest BCUT2D eigenvalue weighted by Crippen LogP contribution is -2.60. The van der Waals surface area contributed by atoms with Gasteiger partial charge < -0.3 is 10.2 Å². The highest BCUT2D eigenvalue weighted by atomic mass is 16.2. The Hall–Kier alpha value is -2.41. The van der Waals surface area contributed by atoms with E-state index < -0.39 is 5.54 Å². The molecule has 0 saturated carbocycles. The van der Waals surface area contributed by atoms with Gasteiger partial charge in [-0.05, 0) is 32.4 Å². The molecule has 26 heavy (non-hydrogen) atoms. The first kappa shape index (κ1) is 18.4. The van der Waals surface area contributed by atoms with Crippen LogP contribution >= 0.6 is 0 Å². The first-order chi connectivity index (χ1) is 12.3. The third-order valence-electron chi connectivity index (χ3n) is 5.15. The first-order valence-corrected chi connectivity index (χ1v) is 9.02. The minimum atomic E-state index is -0.956. The minimum Gasteiger partial charge on any atom is -0.342 e. The Balaban J connectivity index is 1.78. The van der Waals surface area contributed by atoms with Crippen LogP contribution in [-0.2, 0) is 14.4 Å². The van der Waals surface area contributed by atoms with Crippen molar-refractivity contribution in [2.45, 2.75) is 32.7 Å². The lowest BCUT2D eigenvalue weighted by molar-refractivity contribution is -0.128. The zero-order valence-corrected chi connectivity index (χ0v) is 15.6. The summed E-state index contributed by atoms with van der Waals surface area (Å²) in [5, 5.41) is 2.88. The molecule has 1 fully saturated rings. The number of rotatable bonds is 2. The molecule has 0 aliphatic carbocycles. The number of benzene rings is 1. The number of nitrogens with one attached hydrogen (secondary N) is 1. The summed E-state index contributed by atoms with van der Waals surface area (Å²) in [6.07, 6.45) is 0.841. The Morgan fingerprint density at radius 1 is 1.12 bits per heavy atom. The largest absolute Gasteiger partial charge is 0.342 e. The third kappa shape index (κ3) is 3.44. The second kappa shape index (κ2) is 7.07. The zero-order valence-electron chi connectivity index (χ0n) is 15.6. The lowest BCUT2D eigenvalue weighted by atomic mass is 9.96. The van der Waals surface area contributed by atoms with Crippen LogP contribution in [0, 0.1) is 0 Å². The monoisotopic (exact) mass is 358 g/mol. The van der Waals surface area contributed by atoms with E-state index >= 15 is 0 Å². The molecular formula is C19H26N4O3. The zero-order chi connectivity index (χ0) is 18.9. The molecule has 0 radical (unpaired) electrons. The van der Waals surface area contributed by atoms with E-state index in [0.717, 1.165) is 25.2 Å². The predicted molar refractivity (Wildman–Crippen MR) is 99.9 cm³/mol. The molecule has 140 valence electrons. The Bertz CT molecular complexity index is 731. The molecule has 0 unspecified atom stereocenters. The van der Waals surface area contributed by atoms with Crippen molar-refractivity contribution in [2.75, 3.05) is 42.9 Å². The number of amides is 3. The standard InChI is InChI=1S/C19H26N4O3/c1-14(24)22-10-6-9-21(11-12-22)13-17(25)23-16-8-5-4-7-15(16)20-18(26)19(23,2)3/h4-5,7-8H,6,9-13H2,1-3H3,(H,20,26). The summed E-state index contributed by atoms with van der Waals surface area (Å²) in [5.74, 6) is -0.224. The van der Waals surface area contributed by atoms with Crippen molar-refractivity contribution < 1.29 is 14.4 Å². The van der Waals surface area contributed by atoms with E-state index in [0.29, 0.717) is 18.8 Å². The molecule has 2 aliphatic heterocycles. The van der Waals surface area contributed by atoms with E-state index in [2.05, 4.69) is 10.2 Å². The van der Waals surface area contributed by atoms with Crippen molar-refractivity contribution >= 4 is 29.1 Å². The predicted octanol–water partition coefficient (Wildman–Crippen LogP) is 1.30. The number of fused-ring (bicyclic) bond motifs is 1. The maximum absolute atomic E-state index is 13.1. The number of hydrogen-bond donors (Lipinski definition) is 1. The first-order valence-electron chi connectivity index (χ1n) is 9.02. The molecule has 1 aromatic carbocycles. The number of hydrogen-bond acceptors (Lipinski definition) is 4. The highest BCUT2D eigenvalue weighted by Crippen LogP contribution is 2.36. The summed E-state index contributed by atoms with van der Waals surface area (Å²) in [4.78, 5) is 42.7. The van der Waals surface area contributed by atoms with Crippen molar-refractivity contribution in [3.63, 3.8) is 0 Å². The fourth-order valence-electron chi connectivity index (χ4n) is 3.60. The van der Waals surface area contributed by atoms with Crippen molar-refractivity contribution in [1.82, 2.24) is 9.80 Å². The third-order valence-corrected chi connectivity index (χ3v) is 5.15. The van der Waals surface area contributed by atoms with Crippen molar-refractivity contribution in [1.29, 1.82) is 0 Å². The van der Waals surface area contributed by atoms with Gasteiger partial charge in [-0.2, -0.15) is 0 Å². The summed E-state index contributed by atoms with van der Waals surface area (Å²) in [6, 6.07) is 7.36. The summed E-state index contributed by atoms with van der Waals surface area (Å²) in [7, 11) is 0. The molecule has 3 rings (SSSR count). The van der Waals surface area contributed by atoms with Crippen molar-refractivity contribution in [3.8, 4) is 0 Å². The Morgan fingerprint density at radius 2 is 1.85 bits per heavy atom. The van der Waals surface area contributed by atoms with E-state index in [1.807, 2.05) is 23.1 Å². The second-order valence-corrected chi connectivity index (χ2v) is 7.40. The van der Waals surface area contributed by atoms with E-state index in [1.54, 1.807) is 31.7 Å². The molecule has 3 amide bonds. The highest BCUT2D eigenvalue weighted by Gasteiger charge is 2.43. The topological polar surface area (TPSA) is 73.0 Å². The molecular weight excluding hydrogens is 332 g/mol. The normalized spacial score (nSPS) is 20.2. The Kier molecular flexibility index (Phi) is 5.00. The van der Waals surface area contributed by atoms with Gasteiger partial charge in [-0.15, -0.1) is 0 Å². The minimum absolute atomic E-state index is 0.0703. The summed E-state index contributed by atoms with van der Waals surface area (Å²) < 4.78 is 0. The van der Waals surface area contributed by atoms with E-state index in [9.17, 15) is 14.4 Å². The van der Waals surface area contributed by atoms with E-state index in [1.165, 1.54) is 0 Å². The fourth-order valence-corrected chi connectivity index (χ4v) is 3.60. The molecule has 0 atom stereocenters. The highest BCUT2D eigenvalue weighted by molar-refractivity contribution is 6.14. The Labute approximate surface area is 153 Å². The van der Waals surface area contributed by atoms with Crippen LogP contribution in [-0.4, -0.2) is 65.8 Å². The Morgan fingerprint density at radius 3 is 2.58 bits per heavy atom. The quantitative estimate of drug-likeness (QED) is 0.865. The molecule has 1 aromatic rings. The van der Waals surface area contributed by atoms with Gasteiger partial charge in [-0.1, -0.05) is 12.1 Å². The van der Waals surface area contributed by atoms with Crippen molar-refractivity contribution in [2.24, 2.45) is 0 Å². The van der Waals surface area contributed by atoms with Gasteiger partial charge >= 0.3 is 0 Å². The van der Waals surface area contributed by atoms with Crippen LogP contribution in [0.15, 0.2) is 24.3 Å². The number of anilines is 2. The van der Waals surface area contributed by atoms with Crippen LogP contribution in [0.5, 0.6) is 0 Å². The van der Waals surface area contributed by atoms with Gasteiger partial charge in [0.15, 0.2) is 0 Å². The molecule has 2 heterocycles.